The van der Waals surface area contributed by atoms with E-state index in [0.717, 1.165) is 60.8 Å². The third-order valence-electron chi connectivity index (χ3n) is 9.85. The molecule has 4 heterocycles. The van der Waals surface area contributed by atoms with E-state index in [1.165, 1.54) is 0 Å². The van der Waals surface area contributed by atoms with Gasteiger partial charge >= 0.3 is 5.97 Å². The monoisotopic (exact) mass is 783 g/mol. The number of hydrogen-bond donors (Lipinski definition) is 2. The number of hydrogen-bond acceptors (Lipinski definition) is 7. The van der Waals surface area contributed by atoms with Crippen LogP contribution in [0, 0.1) is 0 Å². The second kappa shape index (κ2) is 19.7. The fourth-order valence-electron chi connectivity index (χ4n) is 6.54. The number of nitrogens with two attached hydrogens (primary N) is 1. The van der Waals surface area contributed by atoms with Crippen LogP contribution < -0.4 is 5.73 Å². The molecule has 0 spiro atoms. The van der Waals surface area contributed by atoms with E-state index in [1.807, 2.05) is 111 Å². The predicted molar refractivity (Wildman–Crippen MR) is 233 cm³/mol. The van der Waals surface area contributed by atoms with E-state index in [0.29, 0.717) is 32.2 Å². The van der Waals surface area contributed by atoms with E-state index in [4.69, 9.17) is 10.8 Å². The number of ketones is 1. The first kappa shape index (κ1) is 41.3. The number of carboxylic acid groups (broad SMARTS) is 1. The molecule has 3 N–H and O–H groups in total. The van der Waals surface area contributed by atoms with Crippen LogP contribution in [0.4, 0.5) is 0 Å². The Labute approximate surface area is 342 Å². The molecule has 4 aromatic carbocycles. The minimum atomic E-state index is -0.933. The quantitative estimate of drug-likeness (QED) is 0.130. The van der Waals surface area contributed by atoms with Crippen LogP contribution in [0.15, 0.2) is 159 Å². The van der Waals surface area contributed by atoms with Crippen molar-refractivity contribution in [3.63, 3.8) is 0 Å². The van der Waals surface area contributed by atoms with Crippen LogP contribution in [0.3, 0.4) is 0 Å². The molecular formula is C49H45N5O5. The topological polar surface area (TPSA) is 150 Å². The van der Waals surface area contributed by atoms with Crippen molar-refractivity contribution >= 4 is 45.4 Å². The van der Waals surface area contributed by atoms with E-state index >= 15 is 0 Å². The molecule has 0 fully saturated rings. The second-order valence-electron chi connectivity index (χ2n) is 13.7. The number of aromatic carboxylic acids is 1. The van der Waals surface area contributed by atoms with E-state index in [9.17, 15) is 19.2 Å². The molecule has 10 nitrogen and oxygen atoms in total. The maximum Gasteiger partial charge on any atom is 0.335 e. The Kier molecular flexibility index (Phi) is 13.8. The normalized spacial score (nSPS) is 10.6. The molecule has 0 atom stereocenters. The largest absolute Gasteiger partial charge is 0.478 e. The van der Waals surface area contributed by atoms with Crippen molar-refractivity contribution in [1.29, 1.82) is 0 Å². The zero-order chi connectivity index (χ0) is 41.7. The summed E-state index contributed by atoms with van der Waals surface area (Å²) in [6.45, 7) is 4.28. The third-order valence-corrected chi connectivity index (χ3v) is 9.85. The van der Waals surface area contributed by atoms with Crippen molar-refractivity contribution in [3.05, 3.63) is 181 Å². The molecule has 0 radical (unpaired) electrons. The first-order valence-electron chi connectivity index (χ1n) is 19.4. The predicted octanol–water partition coefficient (Wildman–Crippen LogP) is 10.2. The highest BCUT2D eigenvalue weighted by Crippen LogP contribution is 2.27. The van der Waals surface area contributed by atoms with Gasteiger partial charge in [-0.3, -0.25) is 33.5 Å². The van der Waals surface area contributed by atoms with Gasteiger partial charge in [0.25, 0.3) is 0 Å². The molecule has 4 aromatic heterocycles. The van der Waals surface area contributed by atoms with Gasteiger partial charge in [-0.1, -0.05) is 74.5 Å². The maximum atomic E-state index is 12.5. The van der Waals surface area contributed by atoms with Gasteiger partial charge in [0.15, 0.2) is 5.78 Å². The summed E-state index contributed by atoms with van der Waals surface area (Å²) >= 11 is 0. The summed E-state index contributed by atoms with van der Waals surface area (Å²) in [6, 6.07) is 38.0. The van der Waals surface area contributed by atoms with Gasteiger partial charge in [0, 0.05) is 79.3 Å². The Balaban J connectivity index is 0.000000171. The molecule has 0 aliphatic rings. The molecular weight excluding hydrogens is 739 g/mol. The Morgan fingerprint density at radius 3 is 1.44 bits per heavy atom. The van der Waals surface area contributed by atoms with Gasteiger partial charge in [0.1, 0.15) is 0 Å². The third kappa shape index (κ3) is 10.4. The van der Waals surface area contributed by atoms with Crippen molar-refractivity contribution in [2.24, 2.45) is 5.73 Å². The lowest BCUT2D eigenvalue weighted by molar-refractivity contribution is 0.0696. The number of aryl methyl sites for hydroxylation is 1. The van der Waals surface area contributed by atoms with Gasteiger partial charge in [0.05, 0.1) is 16.6 Å². The highest BCUT2D eigenvalue weighted by Gasteiger charge is 2.11. The zero-order valence-corrected chi connectivity index (χ0v) is 33.0. The average Bonchev–Trinajstić information content (AvgIpc) is 3.93. The van der Waals surface area contributed by atoms with E-state index in [-0.39, 0.29) is 23.2 Å². The lowest BCUT2D eigenvalue weighted by atomic mass is 9.99. The SMILES string of the molecule is CCC(=O)n1ccc2cc(-c3ccc(C(=O)CCc4cccnc4)cc3)ccc21.CCC(=O)n1ccc2cc(-c3ccc(C(=O)O)cc3)ccc21.NCc1cccnc1. The molecule has 0 aliphatic carbocycles. The average molecular weight is 784 g/mol. The van der Waals surface area contributed by atoms with Crippen LogP contribution in [0.5, 0.6) is 0 Å². The number of carbonyl (C=O) groups excluding carboxylic acids is 3. The van der Waals surface area contributed by atoms with Crippen LogP contribution in [0.1, 0.15) is 74.5 Å². The van der Waals surface area contributed by atoms with Crippen molar-refractivity contribution in [2.45, 2.75) is 46.1 Å². The summed E-state index contributed by atoms with van der Waals surface area (Å²) in [5.74, 6) is -0.654. The Morgan fingerprint density at radius 1 is 0.576 bits per heavy atom. The molecule has 10 heteroatoms. The lowest BCUT2D eigenvalue weighted by Gasteiger charge is -2.06. The fraction of sp³-hybridized carbons (Fsp3) is 0.143. The smallest absolute Gasteiger partial charge is 0.335 e. The van der Waals surface area contributed by atoms with Gasteiger partial charge in [-0.15, -0.1) is 0 Å². The Bertz CT molecular complexity index is 2680. The standard InChI is InChI=1S/C25H22N2O2.C18H15NO3.C6H8N2/c1-2-25(29)27-15-13-22-16-21(10-11-23(22)27)19-6-8-20(9-7-19)24(28)12-5-18-4-3-14-26-17-18;1-2-17(20)19-10-9-15-11-14(7-8-16(15)19)12-3-5-13(6-4-12)18(21)22;7-4-6-2-1-3-8-5-6/h3-4,6-11,13-17H,2,5,12H2,1H3;3-11H,2H2,1H3,(H,21,22);1-3,5H,4,7H2. The summed E-state index contributed by atoms with van der Waals surface area (Å²) < 4.78 is 3.36. The second-order valence-corrected chi connectivity index (χ2v) is 13.7. The number of benzene rings is 4. The maximum absolute atomic E-state index is 12.5. The number of pyridine rings is 2. The number of fused-ring (bicyclic) bond motifs is 2. The summed E-state index contributed by atoms with van der Waals surface area (Å²) in [4.78, 5) is 55.2. The number of Topliss-reactive ketones (excluding diaryl/α,β-unsaturated/α-hetero) is 1. The molecule has 8 aromatic rings. The first-order chi connectivity index (χ1) is 28.7. The van der Waals surface area contributed by atoms with Crippen molar-refractivity contribution in [1.82, 2.24) is 19.1 Å². The van der Waals surface area contributed by atoms with Crippen LogP contribution in [0.25, 0.3) is 44.1 Å². The van der Waals surface area contributed by atoms with Crippen molar-refractivity contribution in [3.8, 4) is 22.3 Å². The Morgan fingerprint density at radius 2 is 1.03 bits per heavy atom. The molecule has 0 aliphatic heterocycles. The molecule has 0 saturated carbocycles. The molecule has 0 unspecified atom stereocenters. The molecule has 296 valence electrons. The molecule has 0 saturated heterocycles. The molecule has 0 amide bonds. The van der Waals surface area contributed by atoms with Gasteiger partial charge in [0.2, 0.25) is 11.8 Å². The molecule has 59 heavy (non-hydrogen) atoms. The minimum Gasteiger partial charge on any atom is -0.478 e. The van der Waals surface area contributed by atoms with Crippen LogP contribution in [0.2, 0.25) is 0 Å². The van der Waals surface area contributed by atoms with Gasteiger partial charge in [-0.2, -0.15) is 0 Å². The van der Waals surface area contributed by atoms with Gasteiger partial charge in [-0.05, 0) is 100 Å². The molecule has 8 rings (SSSR count). The number of carboxylic acids is 1. The van der Waals surface area contributed by atoms with Crippen LogP contribution in [-0.2, 0) is 13.0 Å². The summed E-state index contributed by atoms with van der Waals surface area (Å²) in [5, 5.41) is 10.9. The van der Waals surface area contributed by atoms with Gasteiger partial charge < -0.3 is 10.8 Å². The zero-order valence-electron chi connectivity index (χ0n) is 33.0. The summed E-state index contributed by atoms with van der Waals surface area (Å²) in [6.07, 6.45) is 12.7. The highest BCUT2D eigenvalue weighted by atomic mass is 16.4. The lowest BCUT2D eigenvalue weighted by Crippen LogP contribution is -2.06. The van der Waals surface area contributed by atoms with E-state index in [2.05, 4.69) is 16.0 Å². The summed E-state index contributed by atoms with van der Waals surface area (Å²) in [5.41, 5.74) is 14.3. The summed E-state index contributed by atoms with van der Waals surface area (Å²) in [7, 11) is 0. The Hall–Kier alpha value is -7.30. The van der Waals surface area contributed by atoms with Crippen LogP contribution >= 0.6 is 0 Å². The number of rotatable bonds is 10. The van der Waals surface area contributed by atoms with Crippen LogP contribution in [-0.4, -0.2) is 47.8 Å². The number of nitrogens with zero attached hydrogens (tertiary/aromatic N) is 4. The van der Waals surface area contributed by atoms with E-state index in [1.54, 1.807) is 64.4 Å². The highest BCUT2D eigenvalue weighted by molar-refractivity contribution is 5.98. The number of aromatic nitrogens is 4. The molecule has 0 bridgehead atoms. The minimum absolute atomic E-state index is 0.0635. The van der Waals surface area contributed by atoms with Gasteiger partial charge in [-0.25, -0.2) is 4.79 Å². The number of carbonyl (C=O) groups is 4. The van der Waals surface area contributed by atoms with E-state index < -0.39 is 5.97 Å². The first-order valence-corrected chi connectivity index (χ1v) is 19.4. The fourth-order valence-corrected chi connectivity index (χ4v) is 6.54. The van der Waals surface area contributed by atoms with Crippen molar-refractivity contribution < 1.29 is 24.3 Å². The van der Waals surface area contributed by atoms with Crippen molar-refractivity contribution in [2.75, 3.05) is 0 Å².